The largest absolute Gasteiger partial charge is 0.359 e. The summed E-state index contributed by atoms with van der Waals surface area (Å²) in [7, 11) is 0. The Balaban J connectivity index is 1.39. The van der Waals surface area contributed by atoms with E-state index in [9.17, 15) is 4.79 Å². The van der Waals surface area contributed by atoms with Gasteiger partial charge in [-0.25, -0.2) is 0 Å². The second kappa shape index (κ2) is 6.63. The molecule has 4 heteroatoms. The number of aryl methyl sites for hydroxylation is 2. The van der Waals surface area contributed by atoms with Gasteiger partial charge in [-0.15, -0.1) is 0 Å². The first kappa shape index (κ1) is 18.0. The molecule has 0 aromatic heterocycles. The van der Waals surface area contributed by atoms with E-state index in [-0.39, 0.29) is 5.91 Å². The number of carbonyl (C=O) groups is 1. The van der Waals surface area contributed by atoms with Crippen molar-refractivity contribution in [1.29, 1.82) is 0 Å². The third kappa shape index (κ3) is 3.28. The smallest absolute Gasteiger partial charge is 0.257 e. The van der Waals surface area contributed by atoms with Gasteiger partial charge >= 0.3 is 0 Å². The molecule has 0 aliphatic heterocycles. The summed E-state index contributed by atoms with van der Waals surface area (Å²) in [6, 6.07) is 6.20. The summed E-state index contributed by atoms with van der Waals surface area (Å²) in [4.78, 5) is 12.6. The van der Waals surface area contributed by atoms with E-state index in [1.54, 1.807) is 0 Å². The van der Waals surface area contributed by atoms with E-state index in [0.29, 0.717) is 22.1 Å². The lowest BCUT2D eigenvalue weighted by atomic mass is 9.48. The molecule has 5 rings (SSSR count). The normalized spacial score (nSPS) is 33.0. The first-order valence-corrected chi connectivity index (χ1v) is 10.4. The molecule has 1 aromatic rings. The molecule has 1 aromatic carbocycles. The number of nitrogens with one attached hydrogen (secondary N) is 2. The second-order valence-electron chi connectivity index (χ2n) is 9.25. The lowest BCUT2D eigenvalue weighted by molar-refractivity contribution is -0.0672. The number of hydrogen-bond acceptors (Lipinski definition) is 2. The van der Waals surface area contributed by atoms with E-state index in [0.717, 1.165) is 28.9 Å². The van der Waals surface area contributed by atoms with Crippen LogP contribution < -0.4 is 10.6 Å². The van der Waals surface area contributed by atoms with E-state index < -0.39 is 0 Å². The molecule has 4 bridgehead atoms. The monoisotopic (exact) mass is 370 g/mol. The fourth-order valence-electron chi connectivity index (χ4n) is 6.33. The fourth-order valence-corrected chi connectivity index (χ4v) is 6.60. The maximum absolute atomic E-state index is 12.6. The van der Waals surface area contributed by atoms with Crippen molar-refractivity contribution in [3.05, 3.63) is 34.9 Å². The van der Waals surface area contributed by atoms with E-state index in [2.05, 4.69) is 17.6 Å². The molecule has 0 unspecified atom stereocenters. The molecule has 4 aliphatic rings. The van der Waals surface area contributed by atoms with Crippen molar-refractivity contribution < 1.29 is 4.79 Å². The molecule has 1 amide bonds. The first-order chi connectivity index (χ1) is 12.3. The van der Waals surface area contributed by atoms with Crippen LogP contribution in [0.15, 0.2) is 18.2 Å². The van der Waals surface area contributed by atoms with E-state index in [1.807, 2.05) is 32.0 Å². The van der Waals surface area contributed by atoms with E-state index in [1.165, 1.54) is 38.5 Å². The Labute approximate surface area is 162 Å². The third-order valence-corrected chi connectivity index (χ3v) is 7.43. The van der Waals surface area contributed by atoms with Gasteiger partial charge < -0.3 is 5.32 Å². The van der Waals surface area contributed by atoms with Gasteiger partial charge in [0, 0.05) is 11.6 Å². The zero-order chi connectivity index (χ0) is 18.5. The van der Waals surface area contributed by atoms with Crippen molar-refractivity contribution >= 4 is 23.2 Å². The predicted molar refractivity (Wildman–Crippen MR) is 109 cm³/mol. The van der Waals surface area contributed by atoms with Gasteiger partial charge in [-0.3, -0.25) is 10.1 Å². The van der Waals surface area contributed by atoms with Gasteiger partial charge in [-0.2, -0.15) is 0 Å². The van der Waals surface area contributed by atoms with Crippen molar-refractivity contribution in [2.24, 2.45) is 23.2 Å². The molecule has 2 N–H and O–H groups in total. The molecule has 140 valence electrons. The number of amides is 1. The molecule has 26 heavy (non-hydrogen) atoms. The highest BCUT2D eigenvalue weighted by Gasteiger charge is 2.53. The van der Waals surface area contributed by atoms with Gasteiger partial charge in [-0.05, 0) is 106 Å². The van der Waals surface area contributed by atoms with Crippen molar-refractivity contribution in [3.63, 3.8) is 0 Å². The minimum atomic E-state index is -0.113. The molecule has 4 fully saturated rings. The molecule has 0 spiro atoms. The van der Waals surface area contributed by atoms with Gasteiger partial charge in [0.1, 0.15) is 0 Å². The minimum Gasteiger partial charge on any atom is -0.359 e. The zero-order valence-electron chi connectivity index (χ0n) is 16.1. The standard InChI is InChI=1S/C22H30N2OS/c1-13-4-5-19(14(2)6-13)20(25)24-21(26)23-15(3)22-10-16-7-17(11-22)9-18(8-16)12-22/h4-6,15-18H,7-12H2,1-3H3,(H2,23,24,25,26)/t15-,16?,17?,18?,22?/m1/s1. The molecular weight excluding hydrogens is 340 g/mol. The summed E-state index contributed by atoms with van der Waals surface area (Å²) in [5.74, 6) is 2.65. The van der Waals surface area contributed by atoms with Gasteiger partial charge in [-0.1, -0.05) is 17.7 Å². The minimum absolute atomic E-state index is 0.113. The van der Waals surface area contributed by atoms with Crippen LogP contribution in [0.4, 0.5) is 0 Å². The average molecular weight is 371 g/mol. The number of benzene rings is 1. The van der Waals surface area contributed by atoms with Gasteiger partial charge in [0.15, 0.2) is 5.11 Å². The van der Waals surface area contributed by atoms with Crippen molar-refractivity contribution in [1.82, 2.24) is 10.6 Å². The molecule has 0 heterocycles. The van der Waals surface area contributed by atoms with Crippen LogP contribution in [0, 0.1) is 37.0 Å². The molecule has 4 saturated carbocycles. The summed E-state index contributed by atoms with van der Waals surface area (Å²) in [6.07, 6.45) is 8.34. The Morgan fingerprint density at radius 2 is 1.69 bits per heavy atom. The number of rotatable bonds is 3. The van der Waals surface area contributed by atoms with Crippen LogP contribution in [0.3, 0.4) is 0 Å². The van der Waals surface area contributed by atoms with E-state index in [4.69, 9.17) is 12.2 Å². The molecule has 4 aliphatic carbocycles. The third-order valence-electron chi connectivity index (χ3n) is 7.21. The summed E-state index contributed by atoms with van der Waals surface area (Å²) >= 11 is 5.49. The highest BCUT2D eigenvalue weighted by Crippen LogP contribution is 2.61. The molecule has 3 nitrogen and oxygen atoms in total. The lowest BCUT2D eigenvalue weighted by Gasteiger charge is -2.59. The van der Waals surface area contributed by atoms with Crippen LogP contribution in [0.1, 0.15) is 66.9 Å². The van der Waals surface area contributed by atoms with Crippen LogP contribution in [-0.2, 0) is 0 Å². The predicted octanol–water partition coefficient (Wildman–Crippen LogP) is 4.51. The molecular formula is C22H30N2OS. The Hall–Kier alpha value is -1.42. The van der Waals surface area contributed by atoms with Crippen molar-refractivity contribution in [3.8, 4) is 0 Å². The second-order valence-corrected chi connectivity index (χ2v) is 9.66. The van der Waals surface area contributed by atoms with Crippen LogP contribution in [0.2, 0.25) is 0 Å². The van der Waals surface area contributed by atoms with Crippen LogP contribution in [0.25, 0.3) is 0 Å². The maximum Gasteiger partial charge on any atom is 0.257 e. The Morgan fingerprint density at radius 3 is 2.23 bits per heavy atom. The summed E-state index contributed by atoms with van der Waals surface area (Å²) in [5.41, 5.74) is 3.22. The van der Waals surface area contributed by atoms with Crippen LogP contribution in [0.5, 0.6) is 0 Å². The Bertz CT molecular complexity index is 706. The summed E-state index contributed by atoms with van der Waals surface area (Å²) in [5, 5.41) is 6.84. The van der Waals surface area contributed by atoms with Crippen molar-refractivity contribution in [2.45, 2.75) is 65.3 Å². The van der Waals surface area contributed by atoms with E-state index >= 15 is 0 Å². The molecule has 0 saturated heterocycles. The molecule has 1 atom stereocenters. The number of carbonyl (C=O) groups excluding carboxylic acids is 1. The number of thiocarbonyl (C=S) groups is 1. The molecule has 0 radical (unpaired) electrons. The maximum atomic E-state index is 12.6. The lowest BCUT2D eigenvalue weighted by Crippen LogP contribution is -2.57. The Kier molecular flexibility index (Phi) is 4.58. The van der Waals surface area contributed by atoms with Crippen LogP contribution in [-0.4, -0.2) is 17.1 Å². The first-order valence-electron chi connectivity index (χ1n) is 10.0. The van der Waals surface area contributed by atoms with Crippen molar-refractivity contribution in [2.75, 3.05) is 0 Å². The fraction of sp³-hybridized carbons (Fsp3) is 0.636. The number of hydrogen-bond donors (Lipinski definition) is 2. The summed E-state index contributed by atoms with van der Waals surface area (Å²) < 4.78 is 0. The van der Waals surface area contributed by atoms with Gasteiger partial charge in [0.25, 0.3) is 5.91 Å². The summed E-state index contributed by atoms with van der Waals surface area (Å²) in [6.45, 7) is 6.27. The highest BCUT2D eigenvalue weighted by atomic mass is 32.1. The van der Waals surface area contributed by atoms with Crippen LogP contribution >= 0.6 is 12.2 Å². The topological polar surface area (TPSA) is 41.1 Å². The SMILES string of the molecule is Cc1ccc(C(=O)NC(=S)N[C@H](C)C23CC4CC(CC(C4)C2)C3)c(C)c1. The zero-order valence-corrected chi connectivity index (χ0v) is 16.9. The Morgan fingerprint density at radius 1 is 1.12 bits per heavy atom. The van der Waals surface area contributed by atoms with Gasteiger partial charge in [0.05, 0.1) is 0 Å². The highest BCUT2D eigenvalue weighted by molar-refractivity contribution is 7.80. The quantitative estimate of drug-likeness (QED) is 0.769. The van der Waals surface area contributed by atoms with Gasteiger partial charge in [0.2, 0.25) is 0 Å². The average Bonchev–Trinajstić information content (AvgIpc) is 2.53.